The SMILES string of the molecule is CC1CCC(C(O)c2ncc(Br)cc2Br)CC1C. The molecule has 0 aromatic carbocycles. The second kappa shape index (κ2) is 6.02. The molecular formula is C14H19Br2NO. The third-order valence-electron chi connectivity index (χ3n) is 4.20. The van der Waals surface area contributed by atoms with E-state index in [1.807, 2.05) is 6.07 Å². The molecule has 2 nitrogen and oxygen atoms in total. The van der Waals surface area contributed by atoms with Crippen molar-refractivity contribution in [3.8, 4) is 0 Å². The molecule has 1 aliphatic rings. The van der Waals surface area contributed by atoms with E-state index in [2.05, 4.69) is 50.7 Å². The number of pyridine rings is 1. The molecule has 100 valence electrons. The van der Waals surface area contributed by atoms with Crippen molar-refractivity contribution in [1.29, 1.82) is 0 Å². The summed E-state index contributed by atoms with van der Waals surface area (Å²) < 4.78 is 1.81. The van der Waals surface area contributed by atoms with Gasteiger partial charge in [-0.3, -0.25) is 4.98 Å². The summed E-state index contributed by atoms with van der Waals surface area (Å²) >= 11 is 6.87. The molecular weight excluding hydrogens is 358 g/mol. The average Bonchev–Trinajstić information content (AvgIpc) is 2.32. The molecule has 1 fully saturated rings. The van der Waals surface area contributed by atoms with Gasteiger partial charge in [0, 0.05) is 15.1 Å². The molecule has 0 aliphatic heterocycles. The smallest absolute Gasteiger partial charge is 0.0999 e. The summed E-state index contributed by atoms with van der Waals surface area (Å²) in [5.74, 6) is 1.79. The molecule has 4 unspecified atom stereocenters. The molecule has 1 aromatic rings. The second-order valence-electron chi connectivity index (χ2n) is 5.49. The maximum atomic E-state index is 10.5. The summed E-state index contributed by atoms with van der Waals surface area (Å²) in [5.41, 5.74) is 0.768. The predicted molar refractivity (Wildman–Crippen MR) is 80.3 cm³/mol. The Balaban J connectivity index is 2.13. The molecule has 1 aliphatic carbocycles. The molecule has 1 heterocycles. The van der Waals surface area contributed by atoms with E-state index in [4.69, 9.17) is 0 Å². The van der Waals surface area contributed by atoms with Gasteiger partial charge in [0.25, 0.3) is 0 Å². The second-order valence-corrected chi connectivity index (χ2v) is 7.26. The Morgan fingerprint density at radius 1 is 1.28 bits per heavy atom. The zero-order valence-electron chi connectivity index (χ0n) is 10.7. The van der Waals surface area contributed by atoms with Crippen LogP contribution >= 0.6 is 31.9 Å². The van der Waals surface area contributed by atoms with E-state index in [0.29, 0.717) is 11.8 Å². The Morgan fingerprint density at radius 3 is 2.61 bits per heavy atom. The minimum Gasteiger partial charge on any atom is -0.386 e. The number of hydrogen-bond acceptors (Lipinski definition) is 2. The number of nitrogens with zero attached hydrogens (tertiary/aromatic N) is 1. The van der Waals surface area contributed by atoms with Crippen molar-refractivity contribution in [3.63, 3.8) is 0 Å². The monoisotopic (exact) mass is 375 g/mol. The quantitative estimate of drug-likeness (QED) is 0.810. The summed E-state index contributed by atoms with van der Waals surface area (Å²) in [5, 5.41) is 10.5. The predicted octanol–water partition coefficient (Wildman–Crippen LogP) is 4.71. The van der Waals surface area contributed by atoms with Gasteiger partial charge in [0.1, 0.15) is 0 Å². The van der Waals surface area contributed by atoms with E-state index in [-0.39, 0.29) is 0 Å². The van der Waals surface area contributed by atoms with Gasteiger partial charge < -0.3 is 5.11 Å². The number of aliphatic hydroxyl groups excluding tert-OH is 1. The highest BCUT2D eigenvalue weighted by Crippen LogP contribution is 2.40. The summed E-state index contributed by atoms with van der Waals surface area (Å²) in [6, 6.07) is 1.94. The topological polar surface area (TPSA) is 33.1 Å². The molecule has 0 amide bonds. The molecule has 18 heavy (non-hydrogen) atoms. The van der Waals surface area contributed by atoms with Crippen molar-refractivity contribution < 1.29 is 5.11 Å². The van der Waals surface area contributed by atoms with Gasteiger partial charge in [-0.25, -0.2) is 0 Å². The van der Waals surface area contributed by atoms with Crippen LogP contribution in [0.3, 0.4) is 0 Å². The first-order valence-corrected chi connectivity index (χ1v) is 8.06. The van der Waals surface area contributed by atoms with Crippen LogP contribution < -0.4 is 0 Å². The first-order chi connectivity index (χ1) is 8.49. The Bertz CT molecular complexity index is 424. The van der Waals surface area contributed by atoms with Crippen molar-refractivity contribution >= 4 is 31.9 Å². The van der Waals surface area contributed by atoms with Crippen LogP contribution in [0.2, 0.25) is 0 Å². The lowest BCUT2D eigenvalue weighted by Gasteiger charge is -2.34. The zero-order chi connectivity index (χ0) is 13.3. The fraction of sp³-hybridized carbons (Fsp3) is 0.643. The molecule has 0 spiro atoms. The fourth-order valence-electron chi connectivity index (χ4n) is 2.74. The first kappa shape index (κ1) is 14.5. The molecule has 4 atom stereocenters. The van der Waals surface area contributed by atoms with E-state index in [0.717, 1.165) is 33.4 Å². The summed E-state index contributed by atoms with van der Waals surface area (Å²) in [6.07, 6.45) is 4.68. The summed E-state index contributed by atoms with van der Waals surface area (Å²) in [7, 11) is 0. The minimum atomic E-state index is -0.456. The van der Waals surface area contributed by atoms with E-state index >= 15 is 0 Å². The van der Waals surface area contributed by atoms with Crippen LogP contribution in [0.4, 0.5) is 0 Å². The maximum Gasteiger partial charge on any atom is 0.0999 e. The highest BCUT2D eigenvalue weighted by molar-refractivity contribution is 9.11. The summed E-state index contributed by atoms with van der Waals surface area (Å²) in [6.45, 7) is 4.59. The minimum absolute atomic E-state index is 0.334. The normalized spacial score (nSPS) is 30.2. The van der Waals surface area contributed by atoms with Gasteiger partial charge in [-0.2, -0.15) is 0 Å². The van der Waals surface area contributed by atoms with E-state index in [1.165, 1.54) is 6.42 Å². The number of aromatic nitrogens is 1. The van der Waals surface area contributed by atoms with Crippen LogP contribution in [0.15, 0.2) is 21.2 Å². The van der Waals surface area contributed by atoms with Gasteiger partial charge in [-0.15, -0.1) is 0 Å². The zero-order valence-corrected chi connectivity index (χ0v) is 13.9. The van der Waals surface area contributed by atoms with Crippen molar-refractivity contribution in [1.82, 2.24) is 4.98 Å². The van der Waals surface area contributed by atoms with Crippen molar-refractivity contribution in [3.05, 3.63) is 26.9 Å². The van der Waals surface area contributed by atoms with Crippen molar-refractivity contribution in [2.75, 3.05) is 0 Å². The van der Waals surface area contributed by atoms with Crippen LogP contribution in [-0.2, 0) is 0 Å². The van der Waals surface area contributed by atoms with E-state index < -0.39 is 6.10 Å². The molecule has 0 bridgehead atoms. The highest BCUT2D eigenvalue weighted by atomic mass is 79.9. The number of rotatable bonds is 2. The first-order valence-electron chi connectivity index (χ1n) is 6.48. The Kier molecular flexibility index (Phi) is 4.84. The number of halogens is 2. The largest absolute Gasteiger partial charge is 0.386 e. The van der Waals surface area contributed by atoms with Crippen LogP contribution in [0.5, 0.6) is 0 Å². The average molecular weight is 377 g/mol. The molecule has 1 aromatic heterocycles. The van der Waals surface area contributed by atoms with Crippen LogP contribution in [0.25, 0.3) is 0 Å². The lowest BCUT2D eigenvalue weighted by molar-refractivity contribution is 0.0526. The number of hydrogen-bond donors (Lipinski definition) is 1. The van der Waals surface area contributed by atoms with Gasteiger partial charge in [0.15, 0.2) is 0 Å². The molecule has 2 rings (SSSR count). The molecule has 0 saturated heterocycles. The van der Waals surface area contributed by atoms with Crippen molar-refractivity contribution in [2.24, 2.45) is 17.8 Å². The van der Waals surface area contributed by atoms with Gasteiger partial charge in [-0.1, -0.05) is 20.3 Å². The summed E-state index contributed by atoms with van der Waals surface area (Å²) in [4.78, 5) is 4.35. The lowest BCUT2D eigenvalue weighted by atomic mass is 9.73. The molecule has 1 saturated carbocycles. The van der Waals surface area contributed by atoms with Crippen molar-refractivity contribution in [2.45, 2.75) is 39.2 Å². The Hall–Kier alpha value is 0.0700. The van der Waals surface area contributed by atoms with Gasteiger partial charge in [0.2, 0.25) is 0 Å². The number of aliphatic hydroxyl groups is 1. The third kappa shape index (κ3) is 3.14. The van der Waals surface area contributed by atoms with Gasteiger partial charge in [0.05, 0.1) is 11.8 Å². The van der Waals surface area contributed by atoms with Gasteiger partial charge in [-0.05, 0) is 68.5 Å². The fourth-order valence-corrected chi connectivity index (χ4v) is 3.96. The standard InChI is InChI=1S/C14H19Br2NO/c1-8-3-4-10(5-9(8)2)14(18)13-12(16)6-11(15)7-17-13/h6-10,14,18H,3-5H2,1-2H3. The van der Waals surface area contributed by atoms with Crippen LogP contribution in [0.1, 0.15) is 44.9 Å². The Labute approximate surface area is 125 Å². The lowest BCUT2D eigenvalue weighted by Crippen LogP contribution is -2.25. The Morgan fingerprint density at radius 2 is 2.00 bits per heavy atom. The van der Waals surface area contributed by atoms with Gasteiger partial charge >= 0.3 is 0 Å². The van der Waals surface area contributed by atoms with Crippen LogP contribution in [-0.4, -0.2) is 10.1 Å². The van der Waals surface area contributed by atoms with Crippen LogP contribution in [0, 0.1) is 17.8 Å². The maximum absolute atomic E-state index is 10.5. The third-order valence-corrected chi connectivity index (χ3v) is 5.27. The molecule has 0 radical (unpaired) electrons. The molecule has 1 N–H and O–H groups in total. The van der Waals surface area contributed by atoms with E-state index in [9.17, 15) is 5.11 Å². The van der Waals surface area contributed by atoms with E-state index in [1.54, 1.807) is 6.20 Å². The molecule has 4 heteroatoms. The highest BCUT2D eigenvalue weighted by Gasteiger charge is 2.31.